The number of alkyl halides is 2. The van der Waals surface area contributed by atoms with Gasteiger partial charge in [-0.15, -0.1) is 0 Å². The molecule has 0 radical (unpaired) electrons. The van der Waals surface area contributed by atoms with Crippen LogP contribution in [0.1, 0.15) is 36.5 Å². The molecule has 1 aromatic rings. The number of benzene rings is 1. The first kappa shape index (κ1) is 14.4. The molecule has 0 saturated heterocycles. The highest BCUT2D eigenvalue weighted by atomic mass is 19.3. The first-order chi connectivity index (χ1) is 8.63. The van der Waals surface area contributed by atoms with E-state index in [2.05, 4.69) is 17.0 Å². The van der Waals surface area contributed by atoms with Crippen LogP contribution in [0.2, 0.25) is 0 Å². The van der Waals surface area contributed by atoms with Gasteiger partial charge >= 0.3 is 6.61 Å². The Bertz CT molecular complexity index is 366. The summed E-state index contributed by atoms with van der Waals surface area (Å²) in [5.41, 5.74) is 0.438. The van der Waals surface area contributed by atoms with E-state index in [1.807, 2.05) is 0 Å². The molecule has 0 atom stereocenters. The third-order valence-corrected chi connectivity index (χ3v) is 2.41. The second-order valence-electron chi connectivity index (χ2n) is 3.87. The van der Waals surface area contributed by atoms with Gasteiger partial charge in [0.1, 0.15) is 5.75 Å². The molecule has 1 amide bonds. The Balaban J connectivity index is 2.43. The Morgan fingerprint density at radius 1 is 1.28 bits per heavy atom. The van der Waals surface area contributed by atoms with Gasteiger partial charge in [-0.3, -0.25) is 4.79 Å². The molecule has 100 valence electrons. The van der Waals surface area contributed by atoms with Crippen molar-refractivity contribution in [2.75, 3.05) is 6.54 Å². The van der Waals surface area contributed by atoms with E-state index < -0.39 is 6.61 Å². The molecule has 1 rings (SSSR count). The normalized spacial score (nSPS) is 10.4. The molecule has 18 heavy (non-hydrogen) atoms. The van der Waals surface area contributed by atoms with E-state index in [9.17, 15) is 13.6 Å². The number of hydrogen-bond donors (Lipinski definition) is 1. The van der Waals surface area contributed by atoms with Crippen LogP contribution in [0.3, 0.4) is 0 Å². The smallest absolute Gasteiger partial charge is 0.387 e. The average molecular weight is 257 g/mol. The average Bonchev–Trinajstić information content (AvgIpc) is 2.34. The predicted octanol–water partition coefficient (Wildman–Crippen LogP) is 3.21. The van der Waals surface area contributed by atoms with Crippen LogP contribution < -0.4 is 10.1 Å². The van der Waals surface area contributed by atoms with Crippen LogP contribution >= 0.6 is 0 Å². The van der Waals surface area contributed by atoms with Crippen LogP contribution in [0.5, 0.6) is 5.75 Å². The Morgan fingerprint density at radius 2 is 1.94 bits per heavy atom. The number of hydrogen-bond acceptors (Lipinski definition) is 2. The third-order valence-electron chi connectivity index (χ3n) is 2.41. The zero-order valence-corrected chi connectivity index (χ0v) is 10.3. The molecule has 0 aromatic heterocycles. The van der Waals surface area contributed by atoms with Crippen LogP contribution in [0, 0.1) is 0 Å². The highest BCUT2D eigenvalue weighted by molar-refractivity contribution is 5.94. The third kappa shape index (κ3) is 5.12. The van der Waals surface area contributed by atoms with Crippen molar-refractivity contribution in [2.45, 2.75) is 32.8 Å². The van der Waals surface area contributed by atoms with Crippen molar-refractivity contribution in [1.29, 1.82) is 0 Å². The lowest BCUT2D eigenvalue weighted by molar-refractivity contribution is -0.0498. The van der Waals surface area contributed by atoms with Crippen molar-refractivity contribution in [3.05, 3.63) is 29.8 Å². The minimum absolute atomic E-state index is 0.0486. The summed E-state index contributed by atoms with van der Waals surface area (Å²) in [5, 5.41) is 2.77. The van der Waals surface area contributed by atoms with Gasteiger partial charge in [0.2, 0.25) is 0 Å². The van der Waals surface area contributed by atoms with E-state index in [1.165, 1.54) is 24.3 Å². The molecule has 1 aromatic carbocycles. The summed E-state index contributed by atoms with van der Waals surface area (Å²) in [7, 11) is 0. The van der Waals surface area contributed by atoms with E-state index in [4.69, 9.17) is 0 Å². The molecule has 1 N–H and O–H groups in total. The van der Waals surface area contributed by atoms with Crippen molar-refractivity contribution in [2.24, 2.45) is 0 Å². The van der Waals surface area contributed by atoms with Crippen LogP contribution in [0.15, 0.2) is 24.3 Å². The van der Waals surface area contributed by atoms with Gasteiger partial charge in [-0.2, -0.15) is 8.78 Å². The topological polar surface area (TPSA) is 38.3 Å². The molecule has 3 nitrogen and oxygen atoms in total. The number of unbranched alkanes of at least 4 members (excludes halogenated alkanes) is 2. The van der Waals surface area contributed by atoms with Gasteiger partial charge in [-0.25, -0.2) is 0 Å². The molecular weight excluding hydrogens is 240 g/mol. The molecule has 0 aliphatic rings. The summed E-state index contributed by atoms with van der Waals surface area (Å²) in [6.45, 7) is -0.135. The second kappa shape index (κ2) is 7.63. The van der Waals surface area contributed by atoms with Gasteiger partial charge in [0, 0.05) is 12.1 Å². The number of amides is 1. The van der Waals surface area contributed by atoms with Crippen molar-refractivity contribution in [3.8, 4) is 5.75 Å². The highest BCUT2D eigenvalue weighted by Crippen LogP contribution is 2.14. The summed E-state index contributed by atoms with van der Waals surface area (Å²) in [6.07, 6.45) is 3.10. The lowest BCUT2D eigenvalue weighted by Crippen LogP contribution is -2.24. The number of rotatable bonds is 7. The zero-order chi connectivity index (χ0) is 13.4. The monoisotopic (exact) mass is 257 g/mol. The quantitative estimate of drug-likeness (QED) is 0.762. The molecule has 0 unspecified atom stereocenters. The fourth-order valence-electron chi connectivity index (χ4n) is 1.47. The highest BCUT2D eigenvalue weighted by Gasteiger charge is 2.07. The van der Waals surface area contributed by atoms with E-state index >= 15 is 0 Å². The van der Waals surface area contributed by atoms with Crippen molar-refractivity contribution < 1.29 is 18.3 Å². The molecule has 0 aliphatic heterocycles. The second-order valence-corrected chi connectivity index (χ2v) is 3.87. The summed E-state index contributed by atoms with van der Waals surface area (Å²) in [6, 6.07) is 5.64. The maximum Gasteiger partial charge on any atom is 0.387 e. The van der Waals surface area contributed by atoms with Gasteiger partial charge in [-0.05, 0) is 30.7 Å². The maximum absolute atomic E-state index is 11.9. The number of ether oxygens (including phenoxy) is 1. The van der Waals surface area contributed by atoms with E-state index in [1.54, 1.807) is 0 Å². The van der Waals surface area contributed by atoms with E-state index in [-0.39, 0.29) is 11.7 Å². The van der Waals surface area contributed by atoms with E-state index in [0.29, 0.717) is 12.1 Å². The van der Waals surface area contributed by atoms with Gasteiger partial charge in [-0.1, -0.05) is 19.8 Å². The van der Waals surface area contributed by atoms with Crippen LogP contribution in [0.4, 0.5) is 8.78 Å². The molecule has 5 heteroatoms. The van der Waals surface area contributed by atoms with Crippen LogP contribution in [0.25, 0.3) is 0 Å². The number of halogens is 2. The number of nitrogens with one attached hydrogen (secondary N) is 1. The van der Waals surface area contributed by atoms with Gasteiger partial charge in [0.05, 0.1) is 0 Å². The molecule has 0 saturated carbocycles. The summed E-state index contributed by atoms with van der Waals surface area (Å²) in [4.78, 5) is 11.6. The molecule has 0 aliphatic carbocycles. The summed E-state index contributed by atoms with van der Waals surface area (Å²) < 4.78 is 28.0. The minimum atomic E-state index is -2.85. The lowest BCUT2D eigenvalue weighted by Gasteiger charge is -2.06. The zero-order valence-electron chi connectivity index (χ0n) is 10.3. The van der Waals surface area contributed by atoms with Crippen molar-refractivity contribution >= 4 is 5.91 Å². The molecular formula is C13H17F2NO2. The fourth-order valence-corrected chi connectivity index (χ4v) is 1.47. The molecule has 0 heterocycles. The fraction of sp³-hybridized carbons (Fsp3) is 0.462. The lowest BCUT2D eigenvalue weighted by atomic mass is 10.2. The maximum atomic E-state index is 11.9. The molecule has 0 spiro atoms. The Kier molecular flexibility index (Phi) is 6.11. The molecule has 0 fully saturated rings. The Labute approximate surface area is 105 Å². The number of carbonyl (C=O) groups is 1. The van der Waals surface area contributed by atoms with Crippen LogP contribution in [-0.2, 0) is 0 Å². The Hall–Kier alpha value is -1.65. The summed E-state index contributed by atoms with van der Waals surface area (Å²) in [5.74, 6) is -0.151. The summed E-state index contributed by atoms with van der Waals surface area (Å²) >= 11 is 0. The van der Waals surface area contributed by atoms with E-state index in [0.717, 1.165) is 19.3 Å². The first-order valence-corrected chi connectivity index (χ1v) is 5.96. The van der Waals surface area contributed by atoms with Crippen molar-refractivity contribution in [3.63, 3.8) is 0 Å². The largest absolute Gasteiger partial charge is 0.435 e. The van der Waals surface area contributed by atoms with Gasteiger partial charge < -0.3 is 10.1 Å². The van der Waals surface area contributed by atoms with Gasteiger partial charge in [0.25, 0.3) is 5.91 Å². The molecule has 0 bridgehead atoms. The van der Waals surface area contributed by atoms with Gasteiger partial charge in [0.15, 0.2) is 0 Å². The SMILES string of the molecule is CCCCCNC(=O)c1ccc(OC(F)F)cc1. The van der Waals surface area contributed by atoms with Crippen LogP contribution in [-0.4, -0.2) is 19.1 Å². The number of carbonyl (C=O) groups excluding carboxylic acids is 1. The first-order valence-electron chi connectivity index (χ1n) is 5.96. The minimum Gasteiger partial charge on any atom is -0.435 e. The Morgan fingerprint density at radius 3 is 2.50 bits per heavy atom. The standard InChI is InChI=1S/C13H17F2NO2/c1-2-3-4-9-16-12(17)10-5-7-11(8-6-10)18-13(14)15/h5-8,13H,2-4,9H2,1H3,(H,16,17). The van der Waals surface area contributed by atoms with Crippen molar-refractivity contribution in [1.82, 2.24) is 5.32 Å². The predicted molar refractivity (Wildman–Crippen MR) is 64.9 cm³/mol.